The average Bonchev–Trinajstić information content (AvgIpc) is 2.35. The molecule has 0 saturated heterocycles. The topological polar surface area (TPSA) is 34.1 Å². The molecule has 0 bridgehead atoms. The van der Waals surface area contributed by atoms with E-state index in [-0.39, 0.29) is 0 Å². The van der Waals surface area contributed by atoms with E-state index >= 15 is 0 Å². The molecule has 1 heterocycles. The number of nitrogens with zero attached hydrogens (tertiary/aromatic N) is 1. The number of halogens is 1. The molecule has 0 unspecified atom stereocenters. The minimum atomic E-state index is 0.593. The Kier molecular flexibility index (Phi) is 4.20. The van der Waals surface area contributed by atoms with Gasteiger partial charge in [-0.2, -0.15) is 4.98 Å². The van der Waals surface area contributed by atoms with Crippen LogP contribution in [0.2, 0.25) is 0 Å². The SMILES string of the molecule is CCNc1cccc(Oc2ccc(Br)c(C)c2)n1. The normalized spacial score (nSPS) is 10.2. The van der Waals surface area contributed by atoms with Crippen LogP contribution >= 0.6 is 15.9 Å². The zero-order valence-corrected chi connectivity index (χ0v) is 12.0. The lowest BCUT2D eigenvalue weighted by molar-refractivity contribution is 0.463. The minimum Gasteiger partial charge on any atom is -0.439 e. The van der Waals surface area contributed by atoms with Crippen molar-refractivity contribution in [3.63, 3.8) is 0 Å². The Labute approximate surface area is 115 Å². The molecule has 0 aliphatic rings. The predicted molar refractivity (Wildman–Crippen MR) is 77.4 cm³/mol. The van der Waals surface area contributed by atoms with Gasteiger partial charge < -0.3 is 10.1 Å². The Morgan fingerprint density at radius 1 is 1.28 bits per heavy atom. The largest absolute Gasteiger partial charge is 0.439 e. The summed E-state index contributed by atoms with van der Waals surface area (Å²) in [7, 11) is 0. The molecule has 18 heavy (non-hydrogen) atoms. The number of pyridine rings is 1. The van der Waals surface area contributed by atoms with E-state index in [0.29, 0.717) is 5.88 Å². The highest BCUT2D eigenvalue weighted by molar-refractivity contribution is 9.10. The van der Waals surface area contributed by atoms with E-state index in [0.717, 1.165) is 28.1 Å². The Morgan fingerprint density at radius 3 is 2.83 bits per heavy atom. The van der Waals surface area contributed by atoms with E-state index in [1.165, 1.54) is 0 Å². The molecule has 2 rings (SSSR count). The number of rotatable bonds is 4. The van der Waals surface area contributed by atoms with Gasteiger partial charge in [0.15, 0.2) is 0 Å². The fourth-order valence-electron chi connectivity index (χ4n) is 1.55. The summed E-state index contributed by atoms with van der Waals surface area (Å²) in [4.78, 5) is 4.36. The van der Waals surface area contributed by atoms with Gasteiger partial charge >= 0.3 is 0 Å². The maximum atomic E-state index is 5.73. The van der Waals surface area contributed by atoms with Crippen LogP contribution in [0, 0.1) is 6.92 Å². The molecular weight excluding hydrogens is 292 g/mol. The number of aryl methyl sites for hydroxylation is 1. The zero-order chi connectivity index (χ0) is 13.0. The first-order valence-corrected chi connectivity index (χ1v) is 6.63. The lowest BCUT2D eigenvalue weighted by atomic mass is 10.2. The molecule has 1 aromatic heterocycles. The van der Waals surface area contributed by atoms with Gasteiger partial charge in [0.05, 0.1) is 0 Å². The zero-order valence-electron chi connectivity index (χ0n) is 10.4. The van der Waals surface area contributed by atoms with Crippen molar-refractivity contribution in [2.75, 3.05) is 11.9 Å². The van der Waals surface area contributed by atoms with Gasteiger partial charge in [0.1, 0.15) is 11.6 Å². The van der Waals surface area contributed by atoms with Gasteiger partial charge in [0.25, 0.3) is 0 Å². The number of nitrogens with one attached hydrogen (secondary N) is 1. The lowest BCUT2D eigenvalue weighted by Gasteiger charge is -2.08. The van der Waals surface area contributed by atoms with Crippen molar-refractivity contribution >= 4 is 21.7 Å². The maximum absolute atomic E-state index is 5.73. The summed E-state index contributed by atoms with van der Waals surface area (Å²) in [6.45, 7) is 4.90. The molecule has 0 fully saturated rings. The van der Waals surface area contributed by atoms with Crippen LogP contribution in [-0.2, 0) is 0 Å². The third-order valence-electron chi connectivity index (χ3n) is 2.43. The molecule has 0 atom stereocenters. The van der Waals surface area contributed by atoms with Crippen LogP contribution in [0.25, 0.3) is 0 Å². The van der Waals surface area contributed by atoms with E-state index in [4.69, 9.17) is 4.74 Å². The van der Waals surface area contributed by atoms with Crippen molar-refractivity contribution in [3.8, 4) is 11.6 Å². The highest BCUT2D eigenvalue weighted by atomic mass is 79.9. The van der Waals surface area contributed by atoms with Crippen molar-refractivity contribution < 1.29 is 4.74 Å². The van der Waals surface area contributed by atoms with E-state index < -0.39 is 0 Å². The van der Waals surface area contributed by atoms with Crippen molar-refractivity contribution in [1.82, 2.24) is 4.98 Å². The van der Waals surface area contributed by atoms with Crippen LogP contribution in [0.5, 0.6) is 11.6 Å². The van der Waals surface area contributed by atoms with Gasteiger partial charge in [-0.3, -0.25) is 0 Å². The number of anilines is 1. The summed E-state index contributed by atoms with van der Waals surface area (Å²) in [5.41, 5.74) is 1.13. The molecule has 0 spiro atoms. The average molecular weight is 307 g/mol. The Balaban J connectivity index is 2.17. The van der Waals surface area contributed by atoms with Crippen LogP contribution in [0.15, 0.2) is 40.9 Å². The highest BCUT2D eigenvalue weighted by Crippen LogP contribution is 2.25. The van der Waals surface area contributed by atoms with Crippen LogP contribution in [0.4, 0.5) is 5.82 Å². The van der Waals surface area contributed by atoms with E-state index in [9.17, 15) is 0 Å². The number of aromatic nitrogens is 1. The summed E-state index contributed by atoms with van der Waals surface area (Å²) in [5, 5.41) is 3.16. The van der Waals surface area contributed by atoms with Gasteiger partial charge in [-0.1, -0.05) is 22.0 Å². The molecule has 0 aliphatic carbocycles. The summed E-state index contributed by atoms with van der Waals surface area (Å²) in [6, 6.07) is 11.6. The second-order valence-electron chi connectivity index (χ2n) is 3.90. The fourth-order valence-corrected chi connectivity index (χ4v) is 1.80. The fraction of sp³-hybridized carbons (Fsp3) is 0.214. The Hall–Kier alpha value is -1.55. The monoisotopic (exact) mass is 306 g/mol. The predicted octanol–water partition coefficient (Wildman–Crippen LogP) is 4.38. The maximum Gasteiger partial charge on any atom is 0.221 e. The van der Waals surface area contributed by atoms with Crippen molar-refractivity contribution in [3.05, 3.63) is 46.4 Å². The highest BCUT2D eigenvalue weighted by Gasteiger charge is 2.02. The summed E-state index contributed by atoms with van der Waals surface area (Å²) in [6.07, 6.45) is 0. The summed E-state index contributed by atoms with van der Waals surface area (Å²) in [5.74, 6) is 2.20. The standard InChI is InChI=1S/C14H15BrN2O/c1-3-16-13-5-4-6-14(17-13)18-11-7-8-12(15)10(2)9-11/h4-9H,3H2,1-2H3,(H,16,17). The molecule has 0 saturated carbocycles. The van der Waals surface area contributed by atoms with E-state index in [2.05, 4.69) is 26.2 Å². The molecule has 0 aliphatic heterocycles. The lowest BCUT2D eigenvalue weighted by Crippen LogP contribution is -1.99. The van der Waals surface area contributed by atoms with Gasteiger partial charge in [-0.15, -0.1) is 0 Å². The van der Waals surface area contributed by atoms with Gasteiger partial charge in [0, 0.05) is 17.1 Å². The van der Waals surface area contributed by atoms with Gasteiger partial charge in [0.2, 0.25) is 5.88 Å². The van der Waals surface area contributed by atoms with E-state index in [1.54, 1.807) is 0 Å². The molecule has 1 N–H and O–H groups in total. The van der Waals surface area contributed by atoms with Crippen molar-refractivity contribution in [1.29, 1.82) is 0 Å². The number of hydrogen-bond donors (Lipinski definition) is 1. The molecule has 1 aromatic carbocycles. The second-order valence-corrected chi connectivity index (χ2v) is 4.76. The number of benzene rings is 1. The smallest absolute Gasteiger partial charge is 0.221 e. The molecule has 94 valence electrons. The first-order chi connectivity index (χ1) is 8.69. The molecule has 0 amide bonds. The third kappa shape index (κ3) is 3.23. The van der Waals surface area contributed by atoms with Crippen LogP contribution in [-0.4, -0.2) is 11.5 Å². The van der Waals surface area contributed by atoms with Gasteiger partial charge in [-0.25, -0.2) is 0 Å². The van der Waals surface area contributed by atoms with Crippen LogP contribution in [0.1, 0.15) is 12.5 Å². The minimum absolute atomic E-state index is 0.593. The molecule has 4 heteroatoms. The van der Waals surface area contributed by atoms with E-state index in [1.807, 2.05) is 50.2 Å². The molecule has 3 nitrogen and oxygen atoms in total. The molecule has 2 aromatic rings. The van der Waals surface area contributed by atoms with Crippen LogP contribution < -0.4 is 10.1 Å². The summed E-state index contributed by atoms with van der Waals surface area (Å²) >= 11 is 3.47. The second kappa shape index (κ2) is 5.87. The Bertz CT molecular complexity index is 543. The van der Waals surface area contributed by atoms with Gasteiger partial charge in [-0.05, 0) is 43.7 Å². The first kappa shape index (κ1) is 12.9. The van der Waals surface area contributed by atoms with Crippen molar-refractivity contribution in [2.45, 2.75) is 13.8 Å². The quantitative estimate of drug-likeness (QED) is 0.910. The number of hydrogen-bond acceptors (Lipinski definition) is 3. The summed E-state index contributed by atoms with van der Waals surface area (Å²) < 4.78 is 6.80. The molecular formula is C14H15BrN2O. The van der Waals surface area contributed by atoms with Crippen molar-refractivity contribution in [2.24, 2.45) is 0 Å². The van der Waals surface area contributed by atoms with Crippen LogP contribution in [0.3, 0.4) is 0 Å². The third-order valence-corrected chi connectivity index (χ3v) is 3.32. The Morgan fingerprint density at radius 2 is 2.11 bits per heavy atom. The molecule has 0 radical (unpaired) electrons. The first-order valence-electron chi connectivity index (χ1n) is 5.84. The number of ether oxygens (including phenoxy) is 1.